The van der Waals surface area contributed by atoms with E-state index in [9.17, 15) is 19.2 Å². The highest BCUT2D eigenvalue weighted by molar-refractivity contribution is 8.15. The number of rotatable bonds is 11. The molecule has 1 aromatic carbocycles. The number of hydrogen-bond acceptors (Lipinski definition) is 10. The van der Waals surface area contributed by atoms with Gasteiger partial charge in [0.05, 0.1) is 25.7 Å². The standard InChI is InChI=1S/C20H24N4O7S/c1-13(25)30-9-7-24(8-10-31-14(2)26)16-5-3-15(4-6-16)12-21-23-20-22-19(29)17(32-20)11-18(27)28/h3-6,12,17H,7-11H2,1-2H3,(H,27,28)(H,22,23,29). The van der Waals surface area contributed by atoms with Crippen LogP contribution in [0.4, 0.5) is 5.69 Å². The molecule has 2 rings (SSSR count). The van der Waals surface area contributed by atoms with Gasteiger partial charge in [-0.15, -0.1) is 5.10 Å². The maximum atomic E-state index is 11.7. The average molecular weight is 465 g/mol. The van der Waals surface area contributed by atoms with E-state index in [-0.39, 0.29) is 36.7 Å². The molecule has 1 unspecified atom stereocenters. The Balaban J connectivity index is 1.97. The third-order valence-electron chi connectivity index (χ3n) is 4.08. The zero-order valence-corrected chi connectivity index (χ0v) is 18.5. The fourth-order valence-electron chi connectivity index (χ4n) is 2.63. The molecule has 1 aromatic rings. The van der Waals surface area contributed by atoms with Gasteiger partial charge in [0.1, 0.15) is 18.5 Å². The molecule has 0 aromatic heterocycles. The highest BCUT2D eigenvalue weighted by Crippen LogP contribution is 2.22. The van der Waals surface area contributed by atoms with Crippen LogP contribution < -0.4 is 10.2 Å². The highest BCUT2D eigenvalue weighted by atomic mass is 32.2. The van der Waals surface area contributed by atoms with E-state index < -0.39 is 17.1 Å². The second-order valence-corrected chi connectivity index (χ2v) is 7.79. The van der Waals surface area contributed by atoms with Crippen molar-refractivity contribution in [1.82, 2.24) is 5.32 Å². The first-order chi connectivity index (χ1) is 15.2. The number of esters is 2. The lowest BCUT2D eigenvalue weighted by Gasteiger charge is -2.24. The summed E-state index contributed by atoms with van der Waals surface area (Å²) in [6.07, 6.45) is 1.21. The summed E-state index contributed by atoms with van der Waals surface area (Å²) in [5.74, 6) is -2.21. The largest absolute Gasteiger partial charge is 0.481 e. The molecule has 172 valence electrons. The zero-order chi connectivity index (χ0) is 23.5. The van der Waals surface area contributed by atoms with Crippen molar-refractivity contribution in [2.24, 2.45) is 10.2 Å². The molecule has 1 heterocycles. The van der Waals surface area contributed by atoms with Crippen LogP contribution in [0.5, 0.6) is 0 Å². The smallest absolute Gasteiger partial charge is 0.305 e. The van der Waals surface area contributed by atoms with Crippen LogP contribution in [0.25, 0.3) is 0 Å². The number of thioether (sulfide) groups is 1. The monoisotopic (exact) mass is 464 g/mol. The Labute approximate surface area is 188 Å². The van der Waals surface area contributed by atoms with Gasteiger partial charge in [-0.1, -0.05) is 23.9 Å². The first kappa shape index (κ1) is 24.9. The van der Waals surface area contributed by atoms with E-state index >= 15 is 0 Å². The second-order valence-electron chi connectivity index (χ2n) is 6.60. The van der Waals surface area contributed by atoms with Gasteiger partial charge >= 0.3 is 17.9 Å². The van der Waals surface area contributed by atoms with Crippen molar-refractivity contribution in [1.29, 1.82) is 0 Å². The molecule has 0 spiro atoms. The Bertz CT molecular complexity index is 882. The van der Waals surface area contributed by atoms with Crippen LogP contribution >= 0.6 is 11.8 Å². The van der Waals surface area contributed by atoms with E-state index in [4.69, 9.17) is 14.6 Å². The summed E-state index contributed by atoms with van der Waals surface area (Å²) < 4.78 is 9.99. The van der Waals surface area contributed by atoms with Gasteiger partial charge in [0.25, 0.3) is 0 Å². The summed E-state index contributed by atoms with van der Waals surface area (Å²) in [6.45, 7) is 3.92. The van der Waals surface area contributed by atoms with Crippen LogP contribution in [-0.4, -0.2) is 71.9 Å². The molecule has 0 bridgehead atoms. The molecule has 1 saturated heterocycles. The van der Waals surface area contributed by atoms with Crippen LogP contribution in [0.1, 0.15) is 25.8 Å². The minimum absolute atomic E-state index is 0.197. The topological polar surface area (TPSA) is 147 Å². The molecule has 11 nitrogen and oxygen atoms in total. The summed E-state index contributed by atoms with van der Waals surface area (Å²) in [6, 6.07) is 7.28. The first-order valence-corrected chi connectivity index (χ1v) is 10.5. The first-order valence-electron chi connectivity index (χ1n) is 9.66. The number of anilines is 1. The molecule has 0 radical (unpaired) electrons. The van der Waals surface area contributed by atoms with E-state index in [1.807, 2.05) is 17.0 Å². The van der Waals surface area contributed by atoms with Gasteiger partial charge in [-0.2, -0.15) is 5.10 Å². The molecule has 1 atom stereocenters. The zero-order valence-electron chi connectivity index (χ0n) is 17.6. The van der Waals surface area contributed by atoms with E-state index in [1.54, 1.807) is 12.1 Å². The fraction of sp³-hybridized carbons (Fsp3) is 0.400. The number of nitrogens with one attached hydrogen (secondary N) is 1. The number of carbonyl (C=O) groups is 4. The molecule has 0 saturated carbocycles. The van der Waals surface area contributed by atoms with E-state index in [0.29, 0.717) is 13.1 Å². The summed E-state index contributed by atoms with van der Waals surface area (Å²) in [7, 11) is 0. The Morgan fingerprint density at radius 3 is 2.25 bits per heavy atom. The van der Waals surface area contributed by atoms with Gasteiger partial charge in [0, 0.05) is 19.5 Å². The number of carboxylic acids is 1. The van der Waals surface area contributed by atoms with Crippen molar-refractivity contribution in [3.8, 4) is 0 Å². The molecule has 1 aliphatic rings. The lowest BCUT2D eigenvalue weighted by Crippen LogP contribution is -2.31. The fourth-order valence-corrected chi connectivity index (χ4v) is 3.55. The maximum Gasteiger partial charge on any atom is 0.305 e. The second kappa shape index (κ2) is 12.4. The minimum atomic E-state index is -1.06. The van der Waals surface area contributed by atoms with Crippen molar-refractivity contribution in [3.63, 3.8) is 0 Å². The van der Waals surface area contributed by atoms with Crippen molar-refractivity contribution in [2.45, 2.75) is 25.5 Å². The van der Waals surface area contributed by atoms with Gasteiger partial charge in [0.15, 0.2) is 5.17 Å². The third kappa shape index (κ3) is 8.76. The van der Waals surface area contributed by atoms with Crippen LogP contribution in [0, 0.1) is 0 Å². The number of nitrogens with zero attached hydrogens (tertiary/aromatic N) is 3. The van der Waals surface area contributed by atoms with Crippen LogP contribution in [0.15, 0.2) is 34.5 Å². The number of aliphatic carboxylic acids is 1. The number of carbonyl (C=O) groups excluding carboxylic acids is 3. The summed E-state index contributed by atoms with van der Waals surface area (Å²) in [5, 5.41) is 18.7. The molecule has 1 amide bonds. The molecule has 12 heteroatoms. The average Bonchev–Trinajstić information content (AvgIpc) is 3.05. The quantitative estimate of drug-likeness (QED) is 0.278. The van der Waals surface area contributed by atoms with Crippen molar-refractivity contribution in [3.05, 3.63) is 29.8 Å². The number of hydrogen-bond donors (Lipinski definition) is 2. The van der Waals surface area contributed by atoms with E-state index in [2.05, 4.69) is 15.5 Å². The number of amides is 1. The van der Waals surface area contributed by atoms with Crippen LogP contribution in [0.3, 0.4) is 0 Å². The molecule has 0 aliphatic carbocycles. The Morgan fingerprint density at radius 2 is 1.72 bits per heavy atom. The van der Waals surface area contributed by atoms with Gasteiger partial charge in [-0.3, -0.25) is 19.2 Å². The lowest BCUT2D eigenvalue weighted by molar-refractivity contribution is -0.141. The maximum absolute atomic E-state index is 11.7. The number of amidine groups is 1. The molecule has 1 fully saturated rings. The number of benzene rings is 1. The Morgan fingerprint density at radius 1 is 1.12 bits per heavy atom. The summed E-state index contributed by atoms with van der Waals surface area (Å²) in [4.78, 5) is 46.4. The third-order valence-corrected chi connectivity index (χ3v) is 5.16. The number of carboxylic acid groups (broad SMARTS) is 1. The molecule has 1 aliphatic heterocycles. The van der Waals surface area contributed by atoms with Crippen molar-refractivity contribution >= 4 is 52.6 Å². The van der Waals surface area contributed by atoms with Crippen LogP contribution in [0.2, 0.25) is 0 Å². The SMILES string of the molecule is CC(=O)OCCN(CCOC(C)=O)c1ccc(C=NN=C2NC(=O)C(CC(=O)O)S2)cc1. The molecule has 2 N–H and O–H groups in total. The Hall–Kier alpha value is -3.41. The molecular weight excluding hydrogens is 440 g/mol. The minimum Gasteiger partial charge on any atom is -0.481 e. The van der Waals surface area contributed by atoms with E-state index in [1.165, 1.54) is 20.1 Å². The van der Waals surface area contributed by atoms with Gasteiger partial charge in [-0.25, -0.2) is 0 Å². The van der Waals surface area contributed by atoms with Crippen molar-refractivity contribution in [2.75, 3.05) is 31.2 Å². The predicted molar refractivity (Wildman–Crippen MR) is 119 cm³/mol. The van der Waals surface area contributed by atoms with E-state index in [0.717, 1.165) is 23.0 Å². The lowest BCUT2D eigenvalue weighted by atomic mass is 10.2. The predicted octanol–water partition coefficient (Wildman–Crippen LogP) is 1.02. The summed E-state index contributed by atoms with van der Waals surface area (Å²) >= 11 is 1.02. The van der Waals surface area contributed by atoms with Crippen molar-refractivity contribution < 1.29 is 33.8 Å². The normalized spacial score (nSPS) is 16.8. The highest BCUT2D eigenvalue weighted by Gasteiger charge is 2.32. The van der Waals surface area contributed by atoms with Gasteiger partial charge in [0.2, 0.25) is 5.91 Å². The van der Waals surface area contributed by atoms with Crippen LogP contribution in [-0.2, 0) is 28.7 Å². The number of ether oxygens (including phenoxy) is 2. The summed E-state index contributed by atoms with van der Waals surface area (Å²) in [5.41, 5.74) is 1.58. The van der Waals surface area contributed by atoms with Gasteiger partial charge < -0.3 is 24.8 Å². The van der Waals surface area contributed by atoms with Gasteiger partial charge in [-0.05, 0) is 17.7 Å². The molecular formula is C20H24N4O7S. The molecule has 32 heavy (non-hydrogen) atoms. The Kier molecular flexibility index (Phi) is 9.67.